The SMILES string of the molecule is O=S(=O)(Cc1cc(F)ccc1F)Nc1ccc(-c2cn3ccccc3n2)cc1. The van der Waals surface area contributed by atoms with Crippen molar-refractivity contribution >= 4 is 21.4 Å². The van der Waals surface area contributed by atoms with Gasteiger partial charge >= 0.3 is 0 Å². The van der Waals surface area contributed by atoms with Gasteiger partial charge in [0.25, 0.3) is 0 Å². The van der Waals surface area contributed by atoms with Gasteiger partial charge in [-0.15, -0.1) is 0 Å². The zero-order valence-corrected chi connectivity index (χ0v) is 15.3. The minimum atomic E-state index is -3.90. The summed E-state index contributed by atoms with van der Waals surface area (Å²) in [6.45, 7) is 0. The Balaban J connectivity index is 1.53. The molecule has 0 aliphatic rings. The molecule has 0 saturated heterocycles. The molecule has 2 aromatic heterocycles. The number of imidazole rings is 1. The van der Waals surface area contributed by atoms with Crippen LogP contribution < -0.4 is 4.72 Å². The molecule has 4 aromatic rings. The van der Waals surface area contributed by atoms with Gasteiger partial charge in [-0.1, -0.05) is 18.2 Å². The predicted molar refractivity (Wildman–Crippen MR) is 103 cm³/mol. The number of anilines is 1. The zero-order chi connectivity index (χ0) is 19.7. The molecule has 0 fully saturated rings. The van der Waals surface area contributed by atoms with Gasteiger partial charge in [-0.25, -0.2) is 22.2 Å². The van der Waals surface area contributed by atoms with Gasteiger partial charge in [-0.3, -0.25) is 4.72 Å². The first-order valence-corrected chi connectivity index (χ1v) is 10.0. The molecule has 0 aliphatic heterocycles. The van der Waals surface area contributed by atoms with Gasteiger partial charge in [-0.2, -0.15) is 0 Å². The quantitative estimate of drug-likeness (QED) is 0.547. The highest BCUT2D eigenvalue weighted by molar-refractivity contribution is 7.91. The predicted octanol–water partition coefficient (Wildman–Crippen LogP) is 4.22. The number of aromatic nitrogens is 2. The normalized spacial score (nSPS) is 11.6. The molecule has 8 heteroatoms. The summed E-state index contributed by atoms with van der Waals surface area (Å²) in [5.41, 5.74) is 2.47. The Labute approximate surface area is 160 Å². The molecule has 0 amide bonds. The van der Waals surface area contributed by atoms with Crippen LogP contribution in [0.25, 0.3) is 16.9 Å². The molecule has 0 radical (unpaired) electrons. The maximum absolute atomic E-state index is 13.7. The second-order valence-corrected chi connectivity index (χ2v) is 7.99. The van der Waals surface area contributed by atoms with E-state index in [-0.39, 0.29) is 5.56 Å². The highest BCUT2D eigenvalue weighted by atomic mass is 32.2. The lowest BCUT2D eigenvalue weighted by Gasteiger charge is -2.09. The highest BCUT2D eigenvalue weighted by Gasteiger charge is 2.16. The highest BCUT2D eigenvalue weighted by Crippen LogP contribution is 2.22. The molecular weight excluding hydrogens is 384 g/mol. The second kappa shape index (κ2) is 7.05. The molecule has 0 saturated carbocycles. The van der Waals surface area contributed by atoms with Crippen LogP contribution in [0, 0.1) is 11.6 Å². The molecule has 0 spiro atoms. The van der Waals surface area contributed by atoms with Crippen molar-refractivity contribution in [2.45, 2.75) is 5.75 Å². The Bertz CT molecular complexity index is 1220. The van der Waals surface area contributed by atoms with Gasteiger partial charge in [0.1, 0.15) is 17.3 Å². The number of halogens is 2. The number of rotatable bonds is 5. The van der Waals surface area contributed by atoms with Crippen LogP contribution in [0.15, 0.2) is 73.1 Å². The molecular formula is C20H15F2N3O2S. The number of nitrogens with zero attached hydrogens (tertiary/aromatic N) is 2. The van der Waals surface area contributed by atoms with Crippen molar-refractivity contribution in [2.24, 2.45) is 0 Å². The Kier molecular flexibility index (Phi) is 4.56. The van der Waals surface area contributed by atoms with E-state index in [1.54, 1.807) is 24.3 Å². The first-order chi connectivity index (χ1) is 13.4. The lowest BCUT2D eigenvalue weighted by atomic mass is 10.1. The Morgan fingerprint density at radius 2 is 1.79 bits per heavy atom. The average Bonchev–Trinajstić information content (AvgIpc) is 3.09. The minimum absolute atomic E-state index is 0.228. The smallest absolute Gasteiger partial charge is 0.237 e. The Hall–Kier alpha value is -3.26. The molecule has 0 atom stereocenters. The molecule has 4 rings (SSSR count). The number of hydrogen-bond acceptors (Lipinski definition) is 3. The van der Waals surface area contributed by atoms with E-state index in [0.29, 0.717) is 5.69 Å². The van der Waals surface area contributed by atoms with Crippen LogP contribution in [-0.2, 0) is 15.8 Å². The van der Waals surface area contributed by atoms with Gasteiger partial charge in [0.2, 0.25) is 10.0 Å². The van der Waals surface area contributed by atoms with Crippen molar-refractivity contribution in [1.82, 2.24) is 9.38 Å². The van der Waals surface area contributed by atoms with Crippen LogP contribution >= 0.6 is 0 Å². The fourth-order valence-electron chi connectivity index (χ4n) is 2.86. The molecule has 0 bridgehead atoms. The third-order valence-corrected chi connectivity index (χ3v) is 5.41. The van der Waals surface area contributed by atoms with E-state index in [9.17, 15) is 17.2 Å². The monoisotopic (exact) mass is 399 g/mol. The standard InChI is InChI=1S/C20H15F2N3O2S/c21-16-6-9-18(22)15(11-16)13-28(26,27)24-17-7-4-14(5-8-17)19-12-25-10-2-1-3-20(25)23-19/h1-12,24H,13H2. The number of pyridine rings is 1. The van der Waals surface area contributed by atoms with Crippen LogP contribution in [0.3, 0.4) is 0 Å². The van der Waals surface area contributed by atoms with E-state index in [1.807, 2.05) is 35.0 Å². The van der Waals surface area contributed by atoms with Crippen molar-refractivity contribution in [3.63, 3.8) is 0 Å². The van der Waals surface area contributed by atoms with Gasteiger partial charge in [-0.05, 0) is 42.5 Å². The molecule has 0 unspecified atom stereocenters. The summed E-state index contributed by atoms with van der Waals surface area (Å²) >= 11 is 0. The second-order valence-electron chi connectivity index (χ2n) is 6.27. The van der Waals surface area contributed by atoms with E-state index in [1.165, 1.54) is 0 Å². The Morgan fingerprint density at radius 3 is 2.54 bits per heavy atom. The van der Waals surface area contributed by atoms with Crippen LogP contribution in [0.5, 0.6) is 0 Å². The molecule has 142 valence electrons. The number of hydrogen-bond donors (Lipinski definition) is 1. The maximum Gasteiger partial charge on any atom is 0.237 e. The van der Waals surface area contributed by atoms with E-state index in [2.05, 4.69) is 9.71 Å². The number of benzene rings is 2. The molecule has 28 heavy (non-hydrogen) atoms. The topological polar surface area (TPSA) is 63.5 Å². The summed E-state index contributed by atoms with van der Waals surface area (Å²) < 4.78 is 55.8. The third-order valence-electron chi connectivity index (χ3n) is 4.17. The van der Waals surface area contributed by atoms with Crippen LogP contribution in [0.2, 0.25) is 0 Å². The van der Waals surface area contributed by atoms with Gasteiger partial charge < -0.3 is 4.40 Å². The summed E-state index contributed by atoms with van der Waals surface area (Å²) in [6, 6.07) is 15.1. The first-order valence-electron chi connectivity index (χ1n) is 8.38. The van der Waals surface area contributed by atoms with Crippen molar-refractivity contribution in [1.29, 1.82) is 0 Å². The first kappa shape index (κ1) is 18.1. The van der Waals surface area contributed by atoms with Gasteiger partial charge in [0, 0.05) is 29.2 Å². The van der Waals surface area contributed by atoms with Gasteiger partial charge in [0.15, 0.2) is 0 Å². The summed E-state index contributed by atoms with van der Waals surface area (Å²) in [7, 11) is -3.90. The van der Waals surface area contributed by atoms with Crippen LogP contribution in [0.4, 0.5) is 14.5 Å². The van der Waals surface area contributed by atoms with Crippen LogP contribution in [-0.4, -0.2) is 17.8 Å². The van der Waals surface area contributed by atoms with E-state index in [4.69, 9.17) is 0 Å². The molecule has 2 aromatic carbocycles. The van der Waals surface area contributed by atoms with E-state index in [0.717, 1.165) is 35.1 Å². The Morgan fingerprint density at radius 1 is 1.00 bits per heavy atom. The molecule has 1 N–H and O–H groups in total. The fourth-order valence-corrected chi connectivity index (χ4v) is 4.06. The lowest BCUT2D eigenvalue weighted by molar-refractivity contribution is 0.581. The number of fused-ring (bicyclic) bond motifs is 1. The fraction of sp³-hybridized carbons (Fsp3) is 0.0500. The van der Waals surface area contributed by atoms with Crippen LogP contribution in [0.1, 0.15) is 5.56 Å². The zero-order valence-electron chi connectivity index (χ0n) is 14.5. The summed E-state index contributed by atoms with van der Waals surface area (Å²) in [5, 5.41) is 0. The minimum Gasteiger partial charge on any atom is -0.306 e. The van der Waals surface area contributed by atoms with Crippen molar-refractivity contribution in [3.05, 3.63) is 90.3 Å². The van der Waals surface area contributed by atoms with Crippen molar-refractivity contribution < 1.29 is 17.2 Å². The van der Waals surface area contributed by atoms with Crippen molar-refractivity contribution in [3.8, 4) is 11.3 Å². The molecule has 5 nitrogen and oxygen atoms in total. The summed E-state index contributed by atoms with van der Waals surface area (Å²) in [6.07, 6.45) is 3.76. The summed E-state index contributed by atoms with van der Waals surface area (Å²) in [4.78, 5) is 4.51. The summed E-state index contributed by atoms with van der Waals surface area (Å²) in [5.74, 6) is -2.12. The maximum atomic E-state index is 13.7. The largest absolute Gasteiger partial charge is 0.306 e. The van der Waals surface area contributed by atoms with E-state index < -0.39 is 27.4 Å². The van der Waals surface area contributed by atoms with Gasteiger partial charge in [0.05, 0.1) is 11.4 Å². The average molecular weight is 399 g/mol. The van der Waals surface area contributed by atoms with Crippen molar-refractivity contribution in [2.75, 3.05) is 4.72 Å². The number of nitrogens with one attached hydrogen (secondary N) is 1. The van der Waals surface area contributed by atoms with E-state index >= 15 is 0 Å². The molecule has 2 heterocycles. The molecule has 0 aliphatic carbocycles. The number of sulfonamides is 1. The lowest BCUT2D eigenvalue weighted by Crippen LogP contribution is -2.16. The third kappa shape index (κ3) is 3.86.